The molecule has 5 nitrogen and oxygen atoms in total. The van der Waals surface area contributed by atoms with Gasteiger partial charge in [0.15, 0.2) is 0 Å². The molecule has 0 bridgehead atoms. The van der Waals surface area contributed by atoms with E-state index >= 15 is 0 Å². The molecular weight excluding hydrogens is 180 g/mol. The summed E-state index contributed by atoms with van der Waals surface area (Å²) < 4.78 is 0. The first-order valence-corrected chi connectivity index (χ1v) is 4.70. The van der Waals surface area contributed by atoms with Crippen molar-refractivity contribution < 1.29 is 0 Å². The number of aromatic nitrogens is 2. The topological polar surface area (TPSA) is 75.0 Å². The van der Waals surface area contributed by atoms with Crippen LogP contribution in [0, 0.1) is 0 Å². The van der Waals surface area contributed by atoms with Crippen molar-refractivity contribution in [2.45, 2.75) is 24.9 Å². The maximum Gasteiger partial charge on any atom is 0.252 e. The average molecular weight is 194 g/mol. The molecule has 1 heterocycles. The van der Waals surface area contributed by atoms with E-state index in [4.69, 9.17) is 5.73 Å². The molecule has 1 saturated carbocycles. The molecule has 0 saturated heterocycles. The number of nitrogens with two attached hydrogens (primary N) is 1. The first kappa shape index (κ1) is 9.21. The zero-order valence-corrected chi connectivity index (χ0v) is 8.10. The van der Waals surface area contributed by atoms with Crippen molar-refractivity contribution in [3.05, 3.63) is 22.7 Å². The number of nitrogens with zero attached hydrogens (tertiary/aromatic N) is 2. The molecule has 0 radical (unpaired) electrons. The Bertz CT molecular complexity index is 369. The summed E-state index contributed by atoms with van der Waals surface area (Å²) in [6.45, 7) is 0. The van der Waals surface area contributed by atoms with Gasteiger partial charge < -0.3 is 15.6 Å². The van der Waals surface area contributed by atoms with Gasteiger partial charge in [-0.2, -0.15) is 0 Å². The lowest BCUT2D eigenvalue weighted by Gasteiger charge is -2.39. The van der Waals surface area contributed by atoms with Crippen LogP contribution >= 0.6 is 0 Å². The van der Waals surface area contributed by atoms with E-state index in [0.29, 0.717) is 17.9 Å². The van der Waals surface area contributed by atoms with E-state index in [0.717, 1.165) is 12.8 Å². The summed E-state index contributed by atoms with van der Waals surface area (Å²) in [5, 5.41) is 0. The summed E-state index contributed by atoms with van der Waals surface area (Å²) in [4.78, 5) is 19.6. The summed E-state index contributed by atoms with van der Waals surface area (Å²) in [5.41, 5.74) is 5.58. The Morgan fingerprint density at radius 1 is 1.64 bits per heavy atom. The van der Waals surface area contributed by atoms with Gasteiger partial charge >= 0.3 is 0 Å². The van der Waals surface area contributed by atoms with Crippen molar-refractivity contribution in [3.63, 3.8) is 0 Å². The van der Waals surface area contributed by atoms with Gasteiger partial charge in [-0.1, -0.05) is 0 Å². The van der Waals surface area contributed by atoms with Crippen LogP contribution in [-0.2, 0) is 0 Å². The fourth-order valence-corrected chi connectivity index (χ4v) is 1.68. The van der Waals surface area contributed by atoms with Gasteiger partial charge in [0.1, 0.15) is 5.82 Å². The van der Waals surface area contributed by atoms with Crippen molar-refractivity contribution >= 4 is 5.82 Å². The molecule has 1 aliphatic carbocycles. The van der Waals surface area contributed by atoms with Crippen LogP contribution in [0.1, 0.15) is 12.8 Å². The quantitative estimate of drug-likeness (QED) is 0.677. The Morgan fingerprint density at radius 2 is 2.36 bits per heavy atom. The van der Waals surface area contributed by atoms with Crippen molar-refractivity contribution in [2.24, 2.45) is 5.73 Å². The van der Waals surface area contributed by atoms with E-state index in [9.17, 15) is 4.79 Å². The lowest BCUT2D eigenvalue weighted by Crippen LogP contribution is -2.49. The van der Waals surface area contributed by atoms with E-state index in [-0.39, 0.29) is 5.56 Å². The molecule has 76 valence electrons. The van der Waals surface area contributed by atoms with Crippen molar-refractivity contribution in [1.82, 2.24) is 9.97 Å². The number of rotatable bonds is 2. The molecule has 0 unspecified atom stereocenters. The number of anilines is 1. The van der Waals surface area contributed by atoms with E-state index in [1.807, 2.05) is 11.9 Å². The molecule has 0 amide bonds. The minimum Gasteiger partial charge on any atom is -0.356 e. The Kier molecular flexibility index (Phi) is 2.25. The van der Waals surface area contributed by atoms with Gasteiger partial charge in [-0.25, -0.2) is 4.98 Å². The van der Waals surface area contributed by atoms with Crippen LogP contribution in [0.5, 0.6) is 0 Å². The molecule has 2 rings (SSSR count). The highest BCUT2D eigenvalue weighted by molar-refractivity contribution is 5.37. The Labute approximate surface area is 82.0 Å². The highest BCUT2D eigenvalue weighted by Gasteiger charge is 2.29. The third-order valence-electron chi connectivity index (χ3n) is 2.72. The summed E-state index contributed by atoms with van der Waals surface area (Å²) >= 11 is 0. The predicted molar refractivity (Wildman–Crippen MR) is 54.3 cm³/mol. The van der Waals surface area contributed by atoms with Gasteiger partial charge in [0.25, 0.3) is 5.56 Å². The fourth-order valence-electron chi connectivity index (χ4n) is 1.68. The molecule has 0 aromatic carbocycles. The number of aromatic amines is 1. The van der Waals surface area contributed by atoms with Crippen LogP contribution in [0.2, 0.25) is 0 Å². The molecule has 14 heavy (non-hydrogen) atoms. The number of hydrogen-bond acceptors (Lipinski definition) is 4. The van der Waals surface area contributed by atoms with Gasteiger partial charge in [0, 0.05) is 25.2 Å². The highest BCUT2D eigenvalue weighted by atomic mass is 16.1. The van der Waals surface area contributed by atoms with Crippen LogP contribution in [-0.4, -0.2) is 29.1 Å². The Morgan fingerprint density at radius 3 is 2.93 bits per heavy atom. The van der Waals surface area contributed by atoms with Crippen molar-refractivity contribution in [2.75, 3.05) is 11.9 Å². The molecule has 1 aromatic rings. The van der Waals surface area contributed by atoms with Gasteiger partial charge in [-0.15, -0.1) is 0 Å². The predicted octanol–water partition coefficient (Wildman–Crippen LogP) is -0.304. The molecule has 0 spiro atoms. The highest BCUT2D eigenvalue weighted by Crippen LogP contribution is 2.25. The maximum atomic E-state index is 11.0. The molecule has 0 atom stereocenters. The van der Waals surface area contributed by atoms with Gasteiger partial charge in [-0.3, -0.25) is 4.79 Å². The second-order valence-electron chi connectivity index (χ2n) is 3.77. The van der Waals surface area contributed by atoms with E-state index in [1.54, 1.807) is 0 Å². The van der Waals surface area contributed by atoms with Crippen molar-refractivity contribution in [3.8, 4) is 0 Å². The van der Waals surface area contributed by atoms with Crippen molar-refractivity contribution in [1.29, 1.82) is 0 Å². The Hall–Kier alpha value is -1.36. The molecule has 0 aliphatic heterocycles. The third kappa shape index (κ3) is 1.63. The van der Waals surface area contributed by atoms with Crippen LogP contribution in [0.25, 0.3) is 0 Å². The number of H-pyrrole nitrogens is 1. The molecule has 1 aromatic heterocycles. The summed E-state index contributed by atoms with van der Waals surface area (Å²) in [6, 6.07) is 2.24. The third-order valence-corrected chi connectivity index (χ3v) is 2.72. The summed E-state index contributed by atoms with van der Waals surface area (Å²) in [6.07, 6.45) is 3.38. The normalized spacial score (nSPS) is 25.6. The summed E-state index contributed by atoms with van der Waals surface area (Å²) in [7, 11) is 1.94. The standard InChI is InChI=1S/C9H14N4O/c1-13(7-2-6(10)3-7)8-4-9(14)12-5-11-8/h4-7H,2-3,10H2,1H3,(H,11,12,14). The second kappa shape index (κ2) is 3.42. The summed E-state index contributed by atoms with van der Waals surface area (Å²) in [5.74, 6) is 0.714. The molecule has 1 fully saturated rings. The molecular formula is C9H14N4O. The monoisotopic (exact) mass is 194 g/mol. The Balaban J connectivity index is 2.11. The molecule has 5 heteroatoms. The average Bonchev–Trinajstić information content (AvgIpc) is 2.12. The van der Waals surface area contributed by atoms with Crippen LogP contribution in [0.3, 0.4) is 0 Å². The number of hydrogen-bond donors (Lipinski definition) is 2. The van der Waals surface area contributed by atoms with E-state index < -0.39 is 0 Å². The SMILES string of the molecule is CN(c1cc(=O)[nH]cn1)C1CC(N)C1. The maximum absolute atomic E-state index is 11.0. The zero-order valence-electron chi connectivity index (χ0n) is 8.10. The van der Waals surface area contributed by atoms with Gasteiger partial charge in [0.2, 0.25) is 0 Å². The lowest BCUT2D eigenvalue weighted by molar-refractivity contribution is 0.338. The van der Waals surface area contributed by atoms with Crippen LogP contribution in [0.15, 0.2) is 17.2 Å². The minimum atomic E-state index is -0.120. The fraction of sp³-hybridized carbons (Fsp3) is 0.556. The zero-order chi connectivity index (χ0) is 10.1. The first-order chi connectivity index (χ1) is 6.66. The smallest absolute Gasteiger partial charge is 0.252 e. The number of nitrogens with one attached hydrogen (secondary N) is 1. The molecule has 3 N–H and O–H groups in total. The van der Waals surface area contributed by atoms with Gasteiger partial charge in [0.05, 0.1) is 6.33 Å². The van der Waals surface area contributed by atoms with Crippen LogP contribution in [0.4, 0.5) is 5.82 Å². The van der Waals surface area contributed by atoms with Crippen LogP contribution < -0.4 is 16.2 Å². The van der Waals surface area contributed by atoms with E-state index in [1.165, 1.54) is 12.4 Å². The van der Waals surface area contributed by atoms with E-state index in [2.05, 4.69) is 9.97 Å². The minimum absolute atomic E-state index is 0.120. The van der Waals surface area contributed by atoms with Gasteiger partial charge in [-0.05, 0) is 12.8 Å². The molecule has 1 aliphatic rings. The second-order valence-corrected chi connectivity index (χ2v) is 3.77. The lowest BCUT2D eigenvalue weighted by atomic mass is 9.86. The first-order valence-electron chi connectivity index (χ1n) is 4.70. The largest absolute Gasteiger partial charge is 0.356 e.